The van der Waals surface area contributed by atoms with E-state index in [0.717, 1.165) is 0 Å². The van der Waals surface area contributed by atoms with Crippen LogP contribution in [0.25, 0.3) is 0 Å². The van der Waals surface area contributed by atoms with Crippen LogP contribution in [0.1, 0.15) is 37.1 Å². The number of nitrogens with zero attached hydrogens (tertiary/aromatic N) is 1. The molecule has 0 radical (unpaired) electrons. The fourth-order valence-corrected chi connectivity index (χ4v) is 2.81. The number of rotatable bonds is 3. The molecule has 1 aliphatic heterocycles. The minimum absolute atomic E-state index is 0.0636. The lowest BCUT2D eigenvalue weighted by Crippen LogP contribution is -2.39. The smallest absolute Gasteiger partial charge is 0.238 e. The molecule has 1 aromatic carbocycles. The average molecular weight is 244 g/mol. The number of carbonyl (C=O) groups is 1. The van der Waals surface area contributed by atoms with Gasteiger partial charge in [0.1, 0.15) is 6.17 Å². The number of nitrogens with one attached hydrogen (secondary N) is 1. The summed E-state index contributed by atoms with van der Waals surface area (Å²) in [7, 11) is 0. The van der Waals surface area contributed by atoms with Gasteiger partial charge < -0.3 is 4.90 Å². The zero-order chi connectivity index (χ0) is 12.7. The normalized spacial score (nSPS) is 25.6. The summed E-state index contributed by atoms with van der Waals surface area (Å²) in [6.07, 6.45) is 2.60. The van der Waals surface area contributed by atoms with E-state index < -0.39 is 0 Å². The third-order valence-corrected chi connectivity index (χ3v) is 4.15. The van der Waals surface area contributed by atoms with Crippen LogP contribution < -0.4 is 5.32 Å². The molecule has 3 rings (SSSR count). The Bertz CT molecular complexity index is 450. The van der Waals surface area contributed by atoms with E-state index in [2.05, 4.69) is 43.4 Å². The summed E-state index contributed by atoms with van der Waals surface area (Å²) >= 11 is 0. The molecule has 1 amide bonds. The van der Waals surface area contributed by atoms with E-state index in [0.29, 0.717) is 18.5 Å². The standard InChI is InChI=1S/C15H20N2O/c1-10-3-5-13(6-4-10)15-16-9-14(18)17(15)11(2)12-7-8-12/h3-6,11-12,15-16H,7-9H2,1-2H3. The lowest BCUT2D eigenvalue weighted by atomic mass is 10.1. The van der Waals surface area contributed by atoms with Gasteiger partial charge in [0.15, 0.2) is 0 Å². The highest BCUT2D eigenvalue weighted by atomic mass is 16.2. The highest BCUT2D eigenvalue weighted by Crippen LogP contribution is 2.38. The number of benzene rings is 1. The fourth-order valence-electron chi connectivity index (χ4n) is 2.81. The van der Waals surface area contributed by atoms with E-state index in [9.17, 15) is 4.79 Å². The highest BCUT2D eigenvalue weighted by Gasteiger charge is 2.41. The van der Waals surface area contributed by atoms with Crippen LogP contribution in [0.3, 0.4) is 0 Å². The third kappa shape index (κ3) is 2.03. The molecular formula is C15H20N2O. The molecule has 1 aliphatic carbocycles. The first-order valence-corrected chi connectivity index (χ1v) is 6.78. The van der Waals surface area contributed by atoms with Crippen molar-refractivity contribution in [1.29, 1.82) is 0 Å². The Labute approximate surface area is 108 Å². The van der Waals surface area contributed by atoms with Gasteiger partial charge in [-0.05, 0) is 38.2 Å². The Morgan fingerprint density at radius 1 is 1.28 bits per heavy atom. The molecule has 96 valence electrons. The van der Waals surface area contributed by atoms with Crippen molar-refractivity contribution in [3.63, 3.8) is 0 Å². The largest absolute Gasteiger partial charge is 0.319 e. The Morgan fingerprint density at radius 2 is 1.94 bits per heavy atom. The Kier molecular flexibility index (Phi) is 2.86. The van der Waals surface area contributed by atoms with E-state index in [-0.39, 0.29) is 12.1 Å². The monoisotopic (exact) mass is 244 g/mol. The molecule has 1 saturated carbocycles. The predicted molar refractivity (Wildman–Crippen MR) is 71.0 cm³/mol. The SMILES string of the molecule is Cc1ccc(C2NCC(=O)N2C(C)C2CC2)cc1. The summed E-state index contributed by atoms with van der Waals surface area (Å²) in [5, 5.41) is 3.33. The maximum Gasteiger partial charge on any atom is 0.238 e. The molecule has 0 aromatic heterocycles. The number of amides is 1. The first-order valence-electron chi connectivity index (χ1n) is 6.78. The first-order chi connectivity index (χ1) is 8.66. The lowest BCUT2D eigenvalue weighted by molar-refractivity contribution is -0.130. The van der Waals surface area contributed by atoms with Crippen molar-refractivity contribution < 1.29 is 4.79 Å². The molecule has 3 heteroatoms. The summed E-state index contributed by atoms with van der Waals surface area (Å²) in [5.41, 5.74) is 2.45. The van der Waals surface area contributed by atoms with Crippen LogP contribution in [-0.4, -0.2) is 23.4 Å². The van der Waals surface area contributed by atoms with E-state index in [1.165, 1.54) is 24.0 Å². The number of hydrogen-bond donors (Lipinski definition) is 1. The molecule has 1 saturated heterocycles. The molecule has 1 heterocycles. The van der Waals surface area contributed by atoms with Gasteiger partial charge >= 0.3 is 0 Å². The summed E-state index contributed by atoms with van der Waals surface area (Å²) in [6, 6.07) is 8.83. The highest BCUT2D eigenvalue weighted by molar-refractivity contribution is 5.81. The number of hydrogen-bond acceptors (Lipinski definition) is 2. The lowest BCUT2D eigenvalue weighted by Gasteiger charge is -2.31. The minimum atomic E-state index is 0.0636. The van der Waals surface area contributed by atoms with Gasteiger partial charge in [-0.2, -0.15) is 0 Å². The Morgan fingerprint density at radius 3 is 2.56 bits per heavy atom. The van der Waals surface area contributed by atoms with Gasteiger partial charge in [0.05, 0.1) is 6.54 Å². The second kappa shape index (κ2) is 4.39. The quantitative estimate of drug-likeness (QED) is 0.884. The van der Waals surface area contributed by atoms with Gasteiger partial charge in [-0.15, -0.1) is 0 Å². The average Bonchev–Trinajstić information content (AvgIpc) is 3.13. The van der Waals surface area contributed by atoms with E-state index >= 15 is 0 Å². The minimum Gasteiger partial charge on any atom is -0.319 e. The van der Waals surface area contributed by atoms with E-state index in [4.69, 9.17) is 0 Å². The molecule has 0 spiro atoms. The fraction of sp³-hybridized carbons (Fsp3) is 0.533. The number of aryl methyl sites for hydroxylation is 1. The van der Waals surface area contributed by atoms with Crippen LogP contribution in [0.2, 0.25) is 0 Å². The van der Waals surface area contributed by atoms with Gasteiger partial charge in [-0.1, -0.05) is 29.8 Å². The number of carbonyl (C=O) groups excluding carboxylic acids is 1. The molecule has 0 bridgehead atoms. The van der Waals surface area contributed by atoms with Crippen molar-refractivity contribution in [2.45, 2.75) is 38.9 Å². The van der Waals surface area contributed by atoms with Crippen molar-refractivity contribution in [3.8, 4) is 0 Å². The van der Waals surface area contributed by atoms with Crippen LogP contribution in [0.4, 0.5) is 0 Å². The van der Waals surface area contributed by atoms with Crippen LogP contribution in [0, 0.1) is 12.8 Å². The molecule has 2 atom stereocenters. The van der Waals surface area contributed by atoms with Crippen molar-refractivity contribution in [2.24, 2.45) is 5.92 Å². The van der Waals surface area contributed by atoms with Crippen LogP contribution in [0.15, 0.2) is 24.3 Å². The topological polar surface area (TPSA) is 32.3 Å². The zero-order valence-electron chi connectivity index (χ0n) is 11.0. The summed E-state index contributed by atoms with van der Waals surface area (Å²) in [5.74, 6) is 0.946. The first kappa shape index (κ1) is 11.7. The molecule has 2 fully saturated rings. The summed E-state index contributed by atoms with van der Waals surface area (Å²) in [4.78, 5) is 14.1. The maximum atomic E-state index is 12.1. The second-order valence-corrected chi connectivity index (χ2v) is 5.57. The van der Waals surface area contributed by atoms with Gasteiger partial charge in [-0.3, -0.25) is 10.1 Å². The molecule has 3 nitrogen and oxygen atoms in total. The van der Waals surface area contributed by atoms with Crippen molar-refractivity contribution >= 4 is 5.91 Å². The third-order valence-electron chi connectivity index (χ3n) is 4.15. The molecule has 1 aromatic rings. The summed E-state index contributed by atoms with van der Waals surface area (Å²) < 4.78 is 0. The molecule has 2 aliphatic rings. The van der Waals surface area contributed by atoms with Crippen LogP contribution in [-0.2, 0) is 4.79 Å². The van der Waals surface area contributed by atoms with Crippen molar-refractivity contribution in [1.82, 2.24) is 10.2 Å². The Balaban J connectivity index is 1.85. The predicted octanol–water partition coefficient (Wildman–Crippen LogP) is 2.22. The zero-order valence-corrected chi connectivity index (χ0v) is 11.0. The molecule has 1 N–H and O–H groups in total. The van der Waals surface area contributed by atoms with Gasteiger partial charge in [0.25, 0.3) is 0 Å². The Hall–Kier alpha value is -1.35. The second-order valence-electron chi connectivity index (χ2n) is 5.57. The van der Waals surface area contributed by atoms with Crippen LogP contribution in [0.5, 0.6) is 0 Å². The molecule has 2 unspecified atom stereocenters. The van der Waals surface area contributed by atoms with Gasteiger partial charge in [0, 0.05) is 6.04 Å². The molecular weight excluding hydrogens is 224 g/mol. The molecule has 18 heavy (non-hydrogen) atoms. The van der Waals surface area contributed by atoms with E-state index in [1.807, 2.05) is 4.90 Å². The summed E-state index contributed by atoms with van der Waals surface area (Å²) in [6.45, 7) is 4.74. The maximum absolute atomic E-state index is 12.1. The van der Waals surface area contributed by atoms with Crippen molar-refractivity contribution in [3.05, 3.63) is 35.4 Å². The van der Waals surface area contributed by atoms with Gasteiger partial charge in [-0.25, -0.2) is 0 Å². The van der Waals surface area contributed by atoms with Crippen molar-refractivity contribution in [2.75, 3.05) is 6.54 Å². The van der Waals surface area contributed by atoms with E-state index in [1.54, 1.807) is 0 Å². The van der Waals surface area contributed by atoms with Crippen LogP contribution >= 0.6 is 0 Å². The van der Waals surface area contributed by atoms with Gasteiger partial charge in [0.2, 0.25) is 5.91 Å².